The summed E-state index contributed by atoms with van der Waals surface area (Å²) in [6.07, 6.45) is 3.22. The second kappa shape index (κ2) is 7.41. The first kappa shape index (κ1) is 17.1. The highest BCUT2D eigenvalue weighted by atomic mass is 16.5. The number of rotatable bonds is 3. The number of pyridine rings is 1. The maximum atomic E-state index is 11.7. The van der Waals surface area contributed by atoms with Crippen molar-refractivity contribution in [1.29, 1.82) is 0 Å². The molecule has 0 saturated heterocycles. The SMILES string of the molecule is COc1cccc(-c2c(C(=O)O)ccc(O)c2C#Cc2ccncc2)c1. The topological polar surface area (TPSA) is 79.7 Å². The van der Waals surface area contributed by atoms with Crippen molar-refractivity contribution in [3.8, 4) is 34.5 Å². The molecule has 0 atom stereocenters. The maximum Gasteiger partial charge on any atom is 0.336 e. The highest BCUT2D eigenvalue weighted by Gasteiger charge is 2.18. The van der Waals surface area contributed by atoms with E-state index in [1.807, 2.05) is 0 Å². The predicted molar refractivity (Wildman–Crippen MR) is 97.3 cm³/mol. The molecule has 0 unspecified atom stereocenters. The molecule has 0 aliphatic heterocycles. The van der Waals surface area contributed by atoms with E-state index in [1.165, 1.54) is 19.2 Å². The van der Waals surface area contributed by atoms with Crippen LogP contribution in [-0.2, 0) is 0 Å². The number of aromatic hydroxyl groups is 1. The number of phenolic OH excluding ortho intramolecular Hbond substituents is 1. The Morgan fingerprint density at radius 3 is 2.54 bits per heavy atom. The van der Waals surface area contributed by atoms with Crippen LogP contribution in [-0.4, -0.2) is 28.3 Å². The standard InChI is InChI=1S/C21H15NO4/c1-26-16-4-2-3-15(13-16)20-17(6-5-14-9-11-22-12-10-14)19(23)8-7-18(20)21(24)25/h2-4,7-13,23H,1H3,(H,24,25). The van der Waals surface area contributed by atoms with Crippen LogP contribution >= 0.6 is 0 Å². The van der Waals surface area contributed by atoms with Gasteiger partial charge in [0.1, 0.15) is 11.5 Å². The fraction of sp³-hybridized carbons (Fsp3) is 0.0476. The van der Waals surface area contributed by atoms with E-state index < -0.39 is 5.97 Å². The second-order valence-corrected chi connectivity index (χ2v) is 5.41. The molecule has 0 spiro atoms. The third-order valence-corrected chi connectivity index (χ3v) is 3.78. The summed E-state index contributed by atoms with van der Waals surface area (Å²) in [6.45, 7) is 0. The van der Waals surface area contributed by atoms with Gasteiger partial charge in [-0.05, 0) is 42.0 Å². The number of aromatic nitrogens is 1. The van der Waals surface area contributed by atoms with Crippen molar-refractivity contribution in [2.75, 3.05) is 7.11 Å². The molecule has 5 heteroatoms. The van der Waals surface area contributed by atoms with Crippen LogP contribution < -0.4 is 4.74 Å². The van der Waals surface area contributed by atoms with Gasteiger partial charge in [0, 0.05) is 23.5 Å². The molecule has 3 rings (SSSR count). The van der Waals surface area contributed by atoms with Crippen molar-refractivity contribution >= 4 is 5.97 Å². The van der Waals surface area contributed by atoms with Gasteiger partial charge in [0.2, 0.25) is 0 Å². The third-order valence-electron chi connectivity index (χ3n) is 3.78. The molecule has 2 aromatic carbocycles. The molecule has 2 N–H and O–H groups in total. The predicted octanol–water partition coefficient (Wildman–Crippen LogP) is 3.56. The van der Waals surface area contributed by atoms with Crippen molar-refractivity contribution in [2.24, 2.45) is 0 Å². The lowest BCUT2D eigenvalue weighted by Gasteiger charge is -2.12. The summed E-state index contributed by atoms with van der Waals surface area (Å²) in [5, 5.41) is 19.9. The van der Waals surface area contributed by atoms with Crippen LogP contribution in [0.3, 0.4) is 0 Å². The average Bonchev–Trinajstić information content (AvgIpc) is 2.67. The lowest BCUT2D eigenvalue weighted by molar-refractivity contribution is 0.0697. The number of nitrogens with zero attached hydrogens (tertiary/aromatic N) is 1. The normalized spacial score (nSPS) is 9.88. The van der Waals surface area contributed by atoms with Gasteiger partial charge < -0.3 is 14.9 Å². The molecule has 0 aliphatic rings. The van der Waals surface area contributed by atoms with Crippen molar-refractivity contribution in [2.45, 2.75) is 0 Å². The zero-order valence-corrected chi connectivity index (χ0v) is 13.9. The van der Waals surface area contributed by atoms with E-state index in [4.69, 9.17) is 4.74 Å². The van der Waals surface area contributed by atoms with Gasteiger partial charge in [-0.3, -0.25) is 4.98 Å². The first-order valence-corrected chi connectivity index (χ1v) is 7.76. The number of aromatic carboxylic acids is 1. The minimum atomic E-state index is -1.10. The summed E-state index contributed by atoms with van der Waals surface area (Å²) in [6, 6.07) is 13.1. The van der Waals surface area contributed by atoms with Crippen LogP contribution in [0.5, 0.6) is 11.5 Å². The molecule has 3 aromatic rings. The van der Waals surface area contributed by atoms with Crippen LogP contribution in [0.2, 0.25) is 0 Å². The van der Waals surface area contributed by atoms with Crippen LogP contribution in [0.4, 0.5) is 0 Å². The Balaban J connectivity index is 2.25. The Morgan fingerprint density at radius 1 is 1.08 bits per heavy atom. The van der Waals surface area contributed by atoms with Crippen molar-refractivity contribution in [3.63, 3.8) is 0 Å². The van der Waals surface area contributed by atoms with Crippen LogP contribution in [0.15, 0.2) is 60.9 Å². The molecule has 1 aromatic heterocycles. The van der Waals surface area contributed by atoms with Gasteiger partial charge in [0.15, 0.2) is 0 Å². The minimum Gasteiger partial charge on any atom is -0.507 e. The van der Waals surface area contributed by atoms with E-state index in [-0.39, 0.29) is 16.9 Å². The summed E-state index contributed by atoms with van der Waals surface area (Å²) in [4.78, 5) is 15.6. The average molecular weight is 345 g/mol. The zero-order chi connectivity index (χ0) is 18.5. The fourth-order valence-corrected chi connectivity index (χ4v) is 2.54. The number of methoxy groups -OCH3 is 1. The number of carbonyl (C=O) groups is 1. The van der Waals surface area contributed by atoms with E-state index >= 15 is 0 Å². The number of carboxylic acid groups (broad SMARTS) is 1. The Labute approximate surface area is 150 Å². The first-order valence-electron chi connectivity index (χ1n) is 7.76. The largest absolute Gasteiger partial charge is 0.507 e. The molecule has 0 saturated carbocycles. The van der Waals surface area contributed by atoms with Gasteiger partial charge in [-0.2, -0.15) is 0 Å². The number of carboxylic acids is 1. The minimum absolute atomic E-state index is 0.0510. The highest BCUT2D eigenvalue weighted by Crippen LogP contribution is 2.34. The van der Waals surface area contributed by atoms with Crippen LogP contribution in [0.1, 0.15) is 21.5 Å². The van der Waals surface area contributed by atoms with E-state index in [0.29, 0.717) is 22.4 Å². The zero-order valence-electron chi connectivity index (χ0n) is 13.9. The summed E-state index contributed by atoms with van der Waals surface area (Å²) >= 11 is 0. The van der Waals surface area contributed by atoms with Gasteiger partial charge in [-0.1, -0.05) is 24.0 Å². The van der Waals surface area contributed by atoms with E-state index in [1.54, 1.807) is 48.8 Å². The van der Waals surface area contributed by atoms with Crippen molar-refractivity contribution in [1.82, 2.24) is 4.98 Å². The number of ether oxygens (including phenoxy) is 1. The first-order chi connectivity index (χ1) is 12.6. The number of hydrogen-bond donors (Lipinski definition) is 2. The Kier molecular flexibility index (Phi) is 4.86. The van der Waals surface area contributed by atoms with Crippen molar-refractivity contribution < 1.29 is 19.7 Å². The van der Waals surface area contributed by atoms with Crippen molar-refractivity contribution in [3.05, 3.63) is 77.6 Å². The number of benzene rings is 2. The molecule has 0 amide bonds. The van der Waals surface area contributed by atoms with E-state index in [0.717, 1.165) is 0 Å². The van der Waals surface area contributed by atoms with E-state index in [2.05, 4.69) is 16.8 Å². The van der Waals surface area contributed by atoms with Gasteiger partial charge in [-0.25, -0.2) is 4.79 Å². The molecule has 26 heavy (non-hydrogen) atoms. The molecular weight excluding hydrogens is 330 g/mol. The number of hydrogen-bond acceptors (Lipinski definition) is 4. The molecule has 5 nitrogen and oxygen atoms in total. The highest BCUT2D eigenvalue weighted by molar-refractivity contribution is 5.98. The third kappa shape index (κ3) is 3.50. The Hall–Kier alpha value is -3.78. The molecule has 0 bridgehead atoms. The lowest BCUT2D eigenvalue weighted by atomic mass is 9.93. The molecule has 0 radical (unpaired) electrons. The Morgan fingerprint density at radius 2 is 1.85 bits per heavy atom. The maximum absolute atomic E-state index is 11.7. The smallest absolute Gasteiger partial charge is 0.336 e. The van der Waals surface area contributed by atoms with Gasteiger partial charge in [0.05, 0.1) is 18.2 Å². The Bertz CT molecular complexity index is 1020. The quantitative estimate of drug-likeness (QED) is 0.710. The fourth-order valence-electron chi connectivity index (χ4n) is 2.54. The summed E-state index contributed by atoms with van der Waals surface area (Å²) in [5.74, 6) is 5.22. The monoisotopic (exact) mass is 345 g/mol. The lowest BCUT2D eigenvalue weighted by Crippen LogP contribution is -2.02. The molecule has 128 valence electrons. The summed E-state index contributed by atoms with van der Waals surface area (Å²) in [7, 11) is 1.53. The van der Waals surface area contributed by atoms with Gasteiger partial charge in [-0.15, -0.1) is 0 Å². The molecule has 0 aliphatic carbocycles. The second-order valence-electron chi connectivity index (χ2n) is 5.41. The molecule has 1 heterocycles. The van der Waals surface area contributed by atoms with Crippen LogP contribution in [0.25, 0.3) is 11.1 Å². The van der Waals surface area contributed by atoms with E-state index in [9.17, 15) is 15.0 Å². The molecular formula is C21H15NO4. The summed E-state index contributed by atoms with van der Waals surface area (Å²) in [5.41, 5.74) is 1.94. The summed E-state index contributed by atoms with van der Waals surface area (Å²) < 4.78 is 5.22. The molecule has 0 fully saturated rings. The van der Waals surface area contributed by atoms with Gasteiger partial charge >= 0.3 is 5.97 Å². The van der Waals surface area contributed by atoms with Crippen LogP contribution in [0, 0.1) is 11.8 Å². The van der Waals surface area contributed by atoms with Gasteiger partial charge in [0.25, 0.3) is 0 Å². The number of phenols is 1.